The van der Waals surface area contributed by atoms with Gasteiger partial charge in [-0.15, -0.1) is 0 Å². The third-order valence-electron chi connectivity index (χ3n) is 10.6. The normalized spacial score (nSPS) is 18.5. The van der Waals surface area contributed by atoms with Crippen molar-refractivity contribution < 1.29 is 66.8 Å². The maximum absolute atomic E-state index is 13.4. The van der Waals surface area contributed by atoms with E-state index in [2.05, 4.69) is 23.7 Å². The van der Waals surface area contributed by atoms with Crippen molar-refractivity contribution in [2.24, 2.45) is 0 Å². The van der Waals surface area contributed by atoms with Gasteiger partial charge >= 0.3 is 12.2 Å². The summed E-state index contributed by atoms with van der Waals surface area (Å²) in [6.07, 6.45) is -2.09. The number of carbonyl (C=O) groups excluding carboxylic acids is 8. The molecule has 2 aromatic carbocycles. The number of rotatable bonds is 13. The molecule has 2 saturated heterocycles. The van der Waals surface area contributed by atoms with E-state index >= 15 is 0 Å². The Kier molecular flexibility index (Phi) is 15.8. The van der Waals surface area contributed by atoms with E-state index in [9.17, 15) is 38.4 Å². The SMILES string of the molecule is CC(C)(C)OC(=O)N1C(=O)CCC(N2Cc3c(C#CCOCCOCCOCCOCC#Cc4cccc5c4CN(C4CCC(=O)N(C(=O)OC(C)(C)C)C4=O)C5=O)cccc3C2=O)C1=O. The molecule has 0 radical (unpaired) electrons. The third-order valence-corrected chi connectivity index (χ3v) is 10.6. The fraction of sp³-hybridized carbons (Fsp3) is 0.500. The van der Waals surface area contributed by atoms with Crippen molar-refractivity contribution in [3.63, 3.8) is 0 Å². The van der Waals surface area contributed by atoms with Gasteiger partial charge in [0.15, 0.2) is 0 Å². The summed E-state index contributed by atoms with van der Waals surface area (Å²) in [5, 5.41) is 0. The Morgan fingerprint density at radius 3 is 1.29 bits per heavy atom. The van der Waals surface area contributed by atoms with Gasteiger partial charge < -0.3 is 38.2 Å². The molecule has 0 N–H and O–H groups in total. The summed E-state index contributed by atoms with van der Waals surface area (Å²) in [4.78, 5) is 108. The largest absolute Gasteiger partial charge is 0.443 e. The number of carbonyl (C=O) groups is 8. The molecule has 6 rings (SSSR count). The smallest absolute Gasteiger partial charge is 0.424 e. The Morgan fingerprint density at radius 2 is 0.924 bits per heavy atom. The highest BCUT2D eigenvalue weighted by atomic mass is 16.6. The summed E-state index contributed by atoms with van der Waals surface area (Å²) < 4.78 is 32.8. The van der Waals surface area contributed by atoms with E-state index in [-0.39, 0.29) is 77.0 Å². The summed E-state index contributed by atoms with van der Waals surface area (Å²) in [5.74, 6) is 8.32. The summed E-state index contributed by atoms with van der Waals surface area (Å²) in [6.45, 7) is 12.1. The number of amides is 8. The first kappa shape index (κ1) is 49.0. The number of hydrogen-bond donors (Lipinski definition) is 0. The van der Waals surface area contributed by atoms with E-state index in [1.165, 1.54) is 9.80 Å². The van der Waals surface area contributed by atoms with E-state index < -0.39 is 59.1 Å². The minimum absolute atomic E-state index is 0.0858. The van der Waals surface area contributed by atoms with Crippen molar-refractivity contribution in [1.29, 1.82) is 0 Å². The van der Waals surface area contributed by atoms with Gasteiger partial charge in [-0.25, -0.2) is 9.59 Å². The van der Waals surface area contributed by atoms with Crippen molar-refractivity contribution in [1.82, 2.24) is 19.6 Å². The van der Waals surface area contributed by atoms with Gasteiger partial charge in [-0.2, -0.15) is 9.80 Å². The first-order chi connectivity index (χ1) is 31.4. The monoisotopic (exact) mass is 910 g/mol. The lowest BCUT2D eigenvalue weighted by Crippen LogP contribution is -2.57. The number of hydrogen-bond acceptors (Lipinski definition) is 14. The van der Waals surface area contributed by atoms with Crippen LogP contribution in [0.3, 0.4) is 0 Å². The number of imide groups is 6. The maximum Gasteiger partial charge on any atom is 0.424 e. The molecular formula is C48H54N4O14. The number of nitrogens with zero attached hydrogens (tertiary/aromatic N) is 4. The van der Waals surface area contributed by atoms with Crippen molar-refractivity contribution >= 4 is 47.6 Å². The number of likely N-dealkylation sites (tertiary alicyclic amines) is 2. The number of fused-ring (bicyclic) bond motifs is 2. The lowest BCUT2D eigenvalue weighted by atomic mass is 10.0. The molecule has 2 atom stereocenters. The Hall–Kier alpha value is -6.44. The van der Waals surface area contributed by atoms with Gasteiger partial charge in [0, 0.05) is 48.2 Å². The van der Waals surface area contributed by atoms with Gasteiger partial charge in [0.2, 0.25) is 11.8 Å². The molecule has 2 unspecified atom stereocenters. The van der Waals surface area contributed by atoms with Gasteiger partial charge in [-0.3, -0.25) is 28.8 Å². The summed E-state index contributed by atoms with van der Waals surface area (Å²) in [6, 6.07) is 8.28. The van der Waals surface area contributed by atoms with Crippen LogP contribution in [0, 0.1) is 23.7 Å². The second kappa shape index (κ2) is 21.2. The van der Waals surface area contributed by atoms with Crippen molar-refractivity contribution in [2.75, 3.05) is 52.9 Å². The Balaban J connectivity index is 0.849. The Labute approximate surface area is 383 Å². The Bertz CT molecular complexity index is 2230. The molecule has 4 aliphatic heterocycles. The lowest BCUT2D eigenvalue weighted by Gasteiger charge is -2.35. The predicted molar refractivity (Wildman–Crippen MR) is 232 cm³/mol. The third kappa shape index (κ3) is 11.9. The molecule has 0 saturated carbocycles. The molecule has 0 spiro atoms. The number of ether oxygens (including phenoxy) is 6. The standard InChI is InChI=1S/C48H54N4O14/c1-47(2,3)65-45(59)51-39(53)19-17-37(43(51)57)49-29-35-31(11-7-15-33(35)41(49)55)13-9-21-61-23-25-63-27-28-64-26-24-62-22-10-14-32-12-8-16-34-36(32)30-50(42(34)56)38-18-20-40(54)52(44(38)58)46(60)66-48(4,5)6/h7-8,11-12,15-16,37-38H,17-30H2,1-6H3. The summed E-state index contributed by atoms with van der Waals surface area (Å²) in [7, 11) is 0. The Morgan fingerprint density at radius 1 is 0.561 bits per heavy atom. The zero-order valence-electron chi connectivity index (χ0n) is 38.0. The molecule has 350 valence electrons. The quantitative estimate of drug-likeness (QED) is 0.159. The van der Waals surface area contributed by atoms with Crippen LogP contribution in [0.2, 0.25) is 0 Å². The van der Waals surface area contributed by atoms with Crippen LogP contribution in [-0.4, -0.2) is 143 Å². The molecule has 2 aromatic rings. The van der Waals surface area contributed by atoms with Crippen LogP contribution in [-0.2, 0) is 60.7 Å². The van der Waals surface area contributed by atoms with Crippen molar-refractivity contribution in [2.45, 2.75) is 104 Å². The average Bonchev–Trinajstić information content (AvgIpc) is 3.75. The first-order valence-electron chi connectivity index (χ1n) is 21.7. The molecular weight excluding hydrogens is 857 g/mol. The highest BCUT2D eigenvalue weighted by Crippen LogP contribution is 2.33. The minimum atomic E-state index is -1.06. The van der Waals surface area contributed by atoms with Gasteiger partial charge in [-0.05, 0) is 89.8 Å². The number of benzene rings is 2. The zero-order chi connectivity index (χ0) is 47.8. The number of piperidine rings is 2. The van der Waals surface area contributed by atoms with Crippen LogP contribution in [0.15, 0.2) is 36.4 Å². The molecule has 4 heterocycles. The summed E-state index contributed by atoms with van der Waals surface area (Å²) >= 11 is 0. The van der Waals surface area contributed by atoms with Crippen LogP contribution in [0.1, 0.15) is 110 Å². The molecule has 2 fully saturated rings. The van der Waals surface area contributed by atoms with E-state index in [1.54, 1.807) is 77.9 Å². The van der Waals surface area contributed by atoms with Gasteiger partial charge in [0.25, 0.3) is 23.6 Å². The molecule has 0 aliphatic carbocycles. The zero-order valence-corrected chi connectivity index (χ0v) is 38.0. The van der Waals surface area contributed by atoms with E-state index in [0.29, 0.717) is 69.6 Å². The second-order valence-corrected chi connectivity index (χ2v) is 17.7. The molecule has 8 amide bonds. The maximum atomic E-state index is 13.4. The second-order valence-electron chi connectivity index (χ2n) is 17.7. The van der Waals surface area contributed by atoms with Gasteiger partial charge in [-0.1, -0.05) is 35.8 Å². The molecule has 0 aromatic heterocycles. The highest BCUT2D eigenvalue weighted by molar-refractivity contribution is 6.14. The van der Waals surface area contributed by atoms with Gasteiger partial charge in [0.05, 0.1) is 39.6 Å². The van der Waals surface area contributed by atoms with Crippen LogP contribution >= 0.6 is 0 Å². The van der Waals surface area contributed by atoms with Crippen LogP contribution in [0.5, 0.6) is 0 Å². The van der Waals surface area contributed by atoms with Crippen LogP contribution < -0.4 is 0 Å². The molecule has 4 aliphatic rings. The predicted octanol–water partition coefficient (Wildman–Crippen LogP) is 3.97. The molecule has 66 heavy (non-hydrogen) atoms. The van der Waals surface area contributed by atoms with Crippen LogP contribution in [0.25, 0.3) is 0 Å². The lowest BCUT2D eigenvalue weighted by molar-refractivity contribution is -0.152. The highest BCUT2D eigenvalue weighted by Gasteiger charge is 2.48. The fourth-order valence-corrected chi connectivity index (χ4v) is 7.63. The minimum Gasteiger partial charge on any atom is -0.443 e. The van der Waals surface area contributed by atoms with Gasteiger partial charge in [0.1, 0.15) is 36.5 Å². The fourth-order valence-electron chi connectivity index (χ4n) is 7.63. The van der Waals surface area contributed by atoms with E-state index in [1.807, 2.05) is 0 Å². The van der Waals surface area contributed by atoms with E-state index in [0.717, 1.165) is 0 Å². The van der Waals surface area contributed by atoms with Crippen molar-refractivity contribution in [3.05, 3.63) is 69.8 Å². The molecule has 18 heteroatoms. The van der Waals surface area contributed by atoms with Crippen molar-refractivity contribution in [3.8, 4) is 23.7 Å². The van der Waals surface area contributed by atoms with Crippen LogP contribution in [0.4, 0.5) is 9.59 Å². The molecule has 18 nitrogen and oxygen atoms in total. The summed E-state index contributed by atoms with van der Waals surface area (Å²) in [5.41, 5.74) is 1.49. The topological polar surface area (TPSA) is 205 Å². The molecule has 0 bridgehead atoms. The van der Waals surface area contributed by atoms with E-state index in [4.69, 9.17) is 28.4 Å². The average molecular weight is 911 g/mol. The first-order valence-corrected chi connectivity index (χ1v) is 21.7.